The van der Waals surface area contributed by atoms with Crippen LogP contribution < -0.4 is 0 Å². The number of benzene rings is 1. The summed E-state index contributed by atoms with van der Waals surface area (Å²) < 4.78 is 0. The fourth-order valence-corrected chi connectivity index (χ4v) is 4.61. The zero-order valence-corrected chi connectivity index (χ0v) is 15.7. The van der Waals surface area contributed by atoms with Crippen LogP contribution in [0.2, 0.25) is 5.02 Å². The average molecular weight is 387 g/mol. The van der Waals surface area contributed by atoms with Crippen molar-refractivity contribution >= 4 is 11.6 Å². The predicted molar refractivity (Wildman–Crippen MR) is 99.6 cm³/mol. The van der Waals surface area contributed by atoms with Gasteiger partial charge in [0.05, 0.1) is 23.9 Å². The Balaban J connectivity index is 2.32. The maximum atomic E-state index is 10.2. The summed E-state index contributed by atoms with van der Waals surface area (Å²) in [7, 11) is 0. The Bertz CT molecular complexity index is 1020. The topological polar surface area (TPSA) is 122 Å². The van der Waals surface area contributed by atoms with Gasteiger partial charge in [-0.3, -0.25) is 0 Å². The maximum Gasteiger partial charge on any atom is 0.177 e. The number of hydrogen-bond acceptors (Lipinski definition) is 6. The van der Waals surface area contributed by atoms with Crippen LogP contribution in [0.25, 0.3) is 0 Å². The Hall–Kier alpha value is -3.50. The molecule has 2 fully saturated rings. The second kappa shape index (κ2) is 7.25. The van der Waals surface area contributed by atoms with Crippen molar-refractivity contribution in [3.05, 3.63) is 46.1 Å². The van der Waals surface area contributed by atoms with Crippen LogP contribution in [0.4, 0.5) is 0 Å². The van der Waals surface area contributed by atoms with E-state index in [1.54, 1.807) is 24.3 Å². The highest BCUT2D eigenvalue weighted by Crippen LogP contribution is 2.78. The van der Waals surface area contributed by atoms with E-state index in [1.165, 1.54) is 0 Å². The molecule has 1 saturated carbocycles. The molecule has 2 aliphatic rings. The van der Waals surface area contributed by atoms with Gasteiger partial charge in [0.15, 0.2) is 11.0 Å². The molecule has 0 spiro atoms. The third kappa shape index (κ3) is 2.42. The van der Waals surface area contributed by atoms with E-state index < -0.39 is 16.7 Å². The van der Waals surface area contributed by atoms with Gasteiger partial charge in [-0.25, -0.2) is 0 Å². The zero-order chi connectivity index (χ0) is 20.4. The molecule has 1 heterocycles. The molecule has 6 nitrogen and oxygen atoms in total. The standard InChI is InChI=1S/C21H15ClN6/c22-17-7-3-2-6-16(17)18-20(12-25,13-26)21(18,14-27)19(15(10-23)11-24)28-8-4-1-5-9-28/h2-3,6-7,18H,1,4-5,8-9H2/t18-,21-/m0/s1. The molecule has 0 bridgehead atoms. The number of likely N-dealkylation sites (tertiary alicyclic amines) is 1. The zero-order valence-electron chi connectivity index (χ0n) is 15.0. The second-order valence-electron chi connectivity index (χ2n) is 6.90. The van der Waals surface area contributed by atoms with Crippen molar-refractivity contribution in [2.45, 2.75) is 25.2 Å². The smallest absolute Gasteiger partial charge is 0.177 e. The van der Waals surface area contributed by atoms with Gasteiger partial charge in [0.1, 0.15) is 17.6 Å². The Morgan fingerprint density at radius 1 is 0.929 bits per heavy atom. The molecule has 1 aliphatic heterocycles. The van der Waals surface area contributed by atoms with Crippen LogP contribution in [0.1, 0.15) is 30.7 Å². The number of hydrogen-bond donors (Lipinski definition) is 0. The largest absolute Gasteiger partial charge is 0.372 e. The Morgan fingerprint density at radius 2 is 1.54 bits per heavy atom. The number of piperidine rings is 1. The molecule has 1 aromatic carbocycles. The molecule has 3 rings (SSSR count). The quantitative estimate of drug-likeness (QED) is 0.728. The molecule has 0 unspecified atom stereocenters. The van der Waals surface area contributed by atoms with Gasteiger partial charge in [-0.1, -0.05) is 29.8 Å². The summed E-state index contributed by atoms with van der Waals surface area (Å²) in [6.45, 7) is 1.13. The SMILES string of the molecule is N#CC(C#N)=C(N1CCCCC1)[C@]1(C#N)[C@@H](c2ccccc2Cl)C1(C#N)C#N. The lowest BCUT2D eigenvalue weighted by molar-refractivity contribution is 0.254. The van der Waals surface area contributed by atoms with Gasteiger partial charge in [-0.15, -0.1) is 0 Å². The lowest BCUT2D eigenvalue weighted by atomic mass is 9.87. The molecule has 7 heteroatoms. The van der Waals surface area contributed by atoms with Crippen LogP contribution in [-0.2, 0) is 0 Å². The molecule has 0 N–H and O–H groups in total. The summed E-state index contributed by atoms with van der Waals surface area (Å²) in [5.41, 5.74) is -2.89. The number of rotatable bonds is 3. The highest BCUT2D eigenvalue weighted by Gasteiger charge is 2.83. The second-order valence-corrected chi connectivity index (χ2v) is 7.31. The molecular formula is C21H15ClN6. The van der Waals surface area contributed by atoms with Crippen LogP contribution in [-0.4, -0.2) is 18.0 Å². The predicted octanol–water partition coefficient (Wildman–Crippen LogP) is 3.77. The first kappa shape index (κ1) is 19.3. The minimum Gasteiger partial charge on any atom is -0.372 e. The van der Waals surface area contributed by atoms with E-state index in [1.807, 2.05) is 29.2 Å². The van der Waals surface area contributed by atoms with Crippen molar-refractivity contribution in [3.63, 3.8) is 0 Å². The average Bonchev–Trinajstić information content (AvgIpc) is 3.35. The van der Waals surface area contributed by atoms with Gasteiger partial charge in [0.25, 0.3) is 0 Å². The van der Waals surface area contributed by atoms with Gasteiger partial charge in [-0.2, -0.15) is 26.3 Å². The van der Waals surface area contributed by atoms with E-state index in [0.29, 0.717) is 23.7 Å². The van der Waals surface area contributed by atoms with Gasteiger partial charge < -0.3 is 4.90 Å². The minimum absolute atomic E-state index is 0.188. The maximum absolute atomic E-state index is 10.2. The molecule has 1 saturated heterocycles. The third-order valence-corrected chi connectivity index (χ3v) is 6.00. The third-order valence-electron chi connectivity index (χ3n) is 5.66. The van der Waals surface area contributed by atoms with E-state index in [4.69, 9.17) is 11.6 Å². The van der Waals surface area contributed by atoms with Crippen LogP contribution in [0, 0.1) is 67.5 Å². The molecule has 1 aliphatic carbocycles. The Morgan fingerprint density at radius 3 is 2.04 bits per heavy atom. The number of nitriles is 5. The number of halogens is 1. The minimum atomic E-state index is -1.72. The summed E-state index contributed by atoms with van der Waals surface area (Å²) >= 11 is 6.33. The van der Waals surface area contributed by atoms with Crippen molar-refractivity contribution in [1.29, 1.82) is 26.3 Å². The summed E-state index contributed by atoms with van der Waals surface area (Å²) in [5.74, 6) is -0.845. The fraction of sp³-hybridized carbons (Fsp3) is 0.381. The van der Waals surface area contributed by atoms with Crippen LogP contribution in [0.3, 0.4) is 0 Å². The molecule has 2 atom stereocenters. The molecule has 136 valence electrons. The molecule has 1 aromatic rings. The van der Waals surface area contributed by atoms with Crippen molar-refractivity contribution < 1.29 is 0 Å². The van der Waals surface area contributed by atoms with Crippen molar-refractivity contribution in [1.82, 2.24) is 4.90 Å². The van der Waals surface area contributed by atoms with Gasteiger partial charge in [0.2, 0.25) is 0 Å². The van der Waals surface area contributed by atoms with Crippen LogP contribution in [0.5, 0.6) is 0 Å². The van der Waals surface area contributed by atoms with Crippen molar-refractivity contribution in [3.8, 4) is 30.3 Å². The van der Waals surface area contributed by atoms with E-state index in [-0.39, 0.29) is 11.3 Å². The molecular weight excluding hydrogens is 372 g/mol. The monoisotopic (exact) mass is 386 g/mol. The van der Waals surface area contributed by atoms with Gasteiger partial charge in [-0.05, 0) is 30.9 Å². The first-order chi connectivity index (χ1) is 13.6. The highest BCUT2D eigenvalue weighted by molar-refractivity contribution is 6.31. The first-order valence-electron chi connectivity index (χ1n) is 8.86. The van der Waals surface area contributed by atoms with E-state index in [9.17, 15) is 26.3 Å². The van der Waals surface area contributed by atoms with Crippen LogP contribution >= 0.6 is 11.6 Å². The summed E-state index contributed by atoms with van der Waals surface area (Å²) in [6.07, 6.45) is 2.70. The Kier molecular flexibility index (Phi) is 4.99. The fourth-order valence-electron chi connectivity index (χ4n) is 4.36. The Labute approximate surface area is 168 Å². The van der Waals surface area contributed by atoms with E-state index in [0.717, 1.165) is 19.3 Å². The normalized spacial score (nSPS) is 24.4. The lowest BCUT2D eigenvalue weighted by Crippen LogP contribution is -2.35. The summed E-state index contributed by atoms with van der Waals surface area (Å²) in [4.78, 5) is 1.83. The highest BCUT2D eigenvalue weighted by atomic mass is 35.5. The lowest BCUT2D eigenvalue weighted by Gasteiger charge is -2.34. The summed E-state index contributed by atoms with van der Waals surface area (Å²) in [5, 5.41) is 49.6. The van der Waals surface area contributed by atoms with Crippen molar-refractivity contribution in [2.75, 3.05) is 13.1 Å². The number of allylic oxidation sites excluding steroid dienone is 2. The molecule has 0 amide bonds. The number of nitrogens with zero attached hydrogens (tertiary/aromatic N) is 6. The summed E-state index contributed by atoms with van der Waals surface area (Å²) in [6, 6.07) is 16.7. The molecule has 0 aromatic heterocycles. The van der Waals surface area contributed by atoms with Crippen molar-refractivity contribution in [2.24, 2.45) is 10.8 Å². The van der Waals surface area contributed by atoms with E-state index in [2.05, 4.69) is 6.07 Å². The van der Waals surface area contributed by atoms with E-state index >= 15 is 0 Å². The molecule has 0 radical (unpaired) electrons. The van der Waals surface area contributed by atoms with Crippen LogP contribution in [0.15, 0.2) is 35.5 Å². The van der Waals surface area contributed by atoms with Gasteiger partial charge >= 0.3 is 0 Å². The first-order valence-corrected chi connectivity index (χ1v) is 9.23. The van der Waals surface area contributed by atoms with Gasteiger partial charge in [0, 0.05) is 24.0 Å². The molecule has 28 heavy (non-hydrogen) atoms.